The number of imidazole rings is 1. The number of nitrogens with one attached hydrogen (secondary N) is 1. The molecule has 0 aliphatic carbocycles. The Hall–Kier alpha value is -6.46. The van der Waals surface area contributed by atoms with Gasteiger partial charge in [-0.3, -0.25) is 9.13 Å². The van der Waals surface area contributed by atoms with E-state index < -0.39 is 0 Å². The van der Waals surface area contributed by atoms with Crippen LogP contribution in [-0.4, -0.2) is 24.1 Å². The Morgan fingerprint density at radius 1 is 0.542 bits per heavy atom. The van der Waals surface area contributed by atoms with E-state index in [0.717, 1.165) is 67.1 Å². The van der Waals surface area contributed by atoms with Gasteiger partial charge >= 0.3 is 0 Å². The molecule has 1 N–H and O–H groups in total. The first kappa shape index (κ1) is 26.7. The van der Waals surface area contributed by atoms with Gasteiger partial charge in [0.1, 0.15) is 11.6 Å². The first-order chi connectivity index (χ1) is 23.7. The summed E-state index contributed by atoms with van der Waals surface area (Å²) >= 11 is 0. The number of hydrogen-bond acceptors (Lipinski definition) is 2. The van der Waals surface area contributed by atoms with Gasteiger partial charge in [0.15, 0.2) is 0 Å². The van der Waals surface area contributed by atoms with Crippen LogP contribution in [0.3, 0.4) is 0 Å². The average Bonchev–Trinajstić information content (AvgIpc) is 3.82. The fourth-order valence-corrected chi connectivity index (χ4v) is 7.50. The normalized spacial score (nSPS) is 11.9. The van der Waals surface area contributed by atoms with Gasteiger partial charge in [-0.1, -0.05) is 97.1 Å². The molecule has 4 heterocycles. The molecule has 5 heteroatoms. The number of fused-ring (bicyclic) bond motifs is 7. The number of aromatic nitrogens is 5. The van der Waals surface area contributed by atoms with E-state index in [2.05, 4.69) is 155 Å². The highest BCUT2D eigenvalue weighted by atomic mass is 15.1. The van der Waals surface area contributed by atoms with Crippen molar-refractivity contribution in [1.29, 1.82) is 0 Å². The summed E-state index contributed by atoms with van der Waals surface area (Å²) in [4.78, 5) is 14.0. The molecule has 0 aliphatic heterocycles. The molecule has 0 aliphatic rings. The Bertz CT molecular complexity index is 2850. The Balaban J connectivity index is 1.27. The van der Waals surface area contributed by atoms with Crippen molar-refractivity contribution in [2.75, 3.05) is 0 Å². The zero-order valence-corrected chi connectivity index (χ0v) is 26.2. The summed E-state index contributed by atoms with van der Waals surface area (Å²) in [6.45, 7) is 2.17. The van der Waals surface area contributed by atoms with Crippen LogP contribution in [0.25, 0.3) is 88.7 Å². The number of para-hydroxylation sites is 5. The molecule has 226 valence electrons. The third kappa shape index (κ3) is 3.85. The third-order valence-corrected chi connectivity index (χ3v) is 9.69. The molecule has 5 nitrogen and oxygen atoms in total. The topological polar surface area (TPSA) is 51.4 Å². The minimum Gasteiger partial charge on any atom is -0.354 e. The lowest BCUT2D eigenvalue weighted by atomic mass is 10.0. The van der Waals surface area contributed by atoms with E-state index in [1.165, 1.54) is 27.1 Å². The molecule has 0 unspecified atom stereocenters. The number of aryl methyl sites for hydroxylation is 1. The van der Waals surface area contributed by atoms with Crippen molar-refractivity contribution in [3.63, 3.8) is 0 Å². The second-order valence-electron chi connectivity index (χ2n) is 12.4. The number of hydrogen-bond donors (Lipinski definition) is 1. The highest BCUT2D eigenvalue weighted by Gasteiger charge is 2.22. The Kier molecular flexibility index (Phi) is 5.72. The van der Waals surface area contributed by atoms with Crippen LogP contribution in [0.1, 0.15) is 5.56 Å². The van der Waals surface area contributed by atoms with Crippen LogP contribution in [-0.2, 0) is 0 Å². The van der Waals surface area contributed by atoms with Crippen LogP contribution in [0.5, 0.6) is 0 Å². The first-order valence-electron chi connectivity index (χ1n) is 16.3. The summed E-state index contributed by atoms with van der Waals surface area (Å²) in [6.07, 6.45) is 1.86. The molecule has 0 bridgehead atoms. The molecule has 10 rings (SSSR count). The number of pyridine rings is 1. The van der Waals surface area contributed by atoms with Gasteiger partial charge in [0.05, 0.1) is 33.3 Å². The van der Waals surface area contributed by atoms with Crippen molar-refractivity contribution in [1.82, 2.24) is 24.1 Å². The first-order valence-corrected chi connectivity index (χ1v) is 16.3. The molecular weight excluding hydrogens is 587 g/mol. The summed E-state index contributed by atoms with van der Waals surface area (Å²) in [6, 6.07) is 51.5. The number of benzene rings is 6. The molecule has 0 radical (unpaired) electrons. The molecule has 6 aromatic carbocycles. The largest absolute Gasteiger partial charge is 0.354 e. The van der Waals surface area contributed by atoms with Crippen LogP contribution in [0.15, 0.2) is 152 Å². The molecule has 4 aromatic heterocycles. The lowest BCUT2D eigenvalue weighted by Crippen LogP contribution is -2.00. The van der Waals surface area contributed by atoms with Crippen LogP contribution < -0.4 is 0 Å². The van der Waals surface area contributed by atoms with E-state index >= 15 is 0 Å². The van der Waals surface area contributed by atoms with Gasteiger partial charge < -0.3 is 4.98 Å². The van der Waals surface area contributed by atoms with E-state index in [1.54, 1.807) is 0 Å². The van der Waals surface area contributed by atoms with Crippen LogP contribution in [0.2, 0.25) is 0 Å². The summed E-state index contributed by atoms with van der Waals surface area (Å²) in [5, 5.41) is 4.81. The van der Waals surface area contributed by atoms with E-state index in [4.69, 9.17) is 9.97 Å². The number of rotatable bonds is 4. The molecule has 0 saturated heterocycles. The van der Waals surface area contributed by atoms with Crippen molar-refractivity contribution in [2.45, 2.75) is 6.92 Å². The van der Waals surface area contributed by atoms with Crippen molar-refractivity contribution in [3.8, 4) is 34.0 Å². The van der Waals surface area contributed by atoms with Gasteiger partial charge in [0, 0.05) is 44.4 Å². The predicted molar refractivity (Wildman–Crippen MR) is 198 cm³/mol. The summed E-state index contributed by atoms with van der Waals surface area (Å²) in [5.41, 5.74) is 12.1. The minimum absolute atomic E-state index is 0.900. The summed E-state index contributed by atoms with van der Waals surface area (Å²) in [5.74, 6) is 1.81. The van der Waals surface area contributed by atoms with Crippen molar-refractivity contribution in [3.05, 3.63) is 157 Å². The molecule has 0 spiro atoms. The highest BCUT2D eigenvalue weighted by molar-refractivity contribution is 6.13. The maximum absolute atomic E-state index is 5.52. The monoisotopic (exact) mass is 615 g/mol. The summed E-state index contributed by atoms with van der Waals surface area (Å²) in [7, 11) is 0. The molecule has 10 aromatic rings. The maximum Gasteiger partial charge on any atom is 0.147 e. The van der Waals surface area contributed by atoms with Gasteiger partial charge in [-0.05, 0) is 66.6 Å². The summed E-state index contributed by atoms with van der Waals surface area (Å²) < 4.78 is 4.60. The van der Waals surface area contributed by atoms with Gasteiger partial charge in [-0.25, -0.2) is 9.97 Å². The zero-order chi connectivity index (χ0) is 31.8. The lowest BCUT2D eigenvalue weighted by molar-refractivity contribution is 1.08. The van der Waals surface area contributed by atoms with E-state index in [1.807, 2.05) is 18.3 Å². The van der Waals surface area contributed by atoms with Gasteiger partial charge in [0.2, 0.25) is 0 Å². The molecular formula is C43H29N5. The van der Waals surface area contributed by atoms with Crippen LogP contribution >= 0.6 is 0 Å². The Morgan fingerprint density at radius 2 is 1.27 bits per heavy atom. The van der Waals surface area contributed by atoms with Crippen LogP contribution in [0.4, 0.5) is 0 Å². The standard InChI is InChI=1S/C43H29N5/c1-27-12-2-6-19-36(27)48-38-21-11-15-29(42(38)46-43(48)34-17-10-16-33-30-13-3-5-18-35(30)45-41(33)34)28-23-24-32-31-14-4-7-20-37(31)47(39(32)26-28)40-22-8-9-25-44-40/h2-26,45H,1H3. The Labute approximate surface area is 276 Å². The van der Waals surface area contributed by atoms with E-state index in [-0.39, 0.29) is 0 Å². The third-order valence-electron chi connectivity index (χ3n) is 9.69. The average molecular weight is 616 g/mol. The molecule has 0 fully saturated rings. The molecule has 0 amide bonds. The maximum atomic E-state index is 5.52. The number of aromatic amines is 1. The van der Waals surface area contributed by atoms with Gasteiger partial charge in [-0.2, -0.15) is 0 Å². The predicted octanol–water partition coefficient (Wildman–Crippen LogP) is 10.8. The van der Waals surface area contributed by atoms with Crippen LogP contribution in [0, 0.1) is 6.92 Å². The lowest BCUT2D eigenvalue weighted by Gasteiger charge is -2.13. The fraction of sp³-hybridized carbons (Fsp3) is 0.0233. The second-order valence-corrected chi connectivity index (χ2v) is 12.4. The smallest absolute Gasteiger partial charge is 0.147 e. The van der Waals surface area contributed by atoms with Crippen molar-refractivity contribution < 1.29 is 0 Å². The van der Waals surface area contributed by atoms with Gasteiger partial charge in [0.25, 0.3) is 0 Å². The van der Waals surface area contributed by atoms with Gasteiger partial charge in [-0.15, -0.1) is 0 Å². The van der Waals surface area contributed by atoms with Crippen molar-refractivity contribution in [2.24, 2.45) is 0 Å². The molecule has 48 heavy (non-hydrogen) atoms. The second kappa shape index (κ2) is 10.3. The highest BCUT2D eigenvalue weighted by Crippen LogP contribution is 2.40. The Morgan fingerprint density at radius 3 is 2.17 bits per heavy atom. The fourth-order valence-electron chi connectivity index (χ4n) is 7.50. The van der Waals surface area contributed by atoms with E-state index in [9.17, 15) is 0 Å². The minimum atomic E-state index is 0.900. The zero-order valence-electron chi connectivity index (χ0n) is 26.2. The molecule has 0 atom stereocenters. The number of H-pyrrole nitrogens is 1. The molecule has 0 saturated carbocycles. The number of nitrogens with zero attached hydrogens (tertiary/aromatic N) is 4. The van der Waals surface area contributed by atoms with Crippen molar-refractivity contribution >= 4 is 54.6 Å². The van der Waals surface area contributed by atoms with E-state index in [0.29, 0.717) is 0 Å². The quantitative estimate of drug-likeness (QED) is 0.214. The SMILES string of the molecule is Cc1ccccc1-n1c(-c2cccc3c2[nH]c2ccccc23)nc2c(-c3ccc4c5ccccc5n(-c5ccccn5)c4c3)cccc21.